The number of anilines is 1. The van der Waals surface area contributed by atoms with Crippen molar-refractivity contribution >= 4 is 29.7 Å². The number of benzene rings is 1. The first kappa shape index (κ1) is 26.8. The Balaban J connectivity index is 1.35. The summed E-state index contributed by atoms with van der Waals surface area (Å²) in [5.74, 6) is 10.5. The number of nitrogens with zero attached hydrogens (tertiary/aromatic N) is 5. The molecule has 206 valence electrons. The number of aromatic nitrogens is 1. The van der Waals surface area contributed by atoms with E-state index in [9.17, 15) is 22.8 Å². The lowest BCUT2D eigenvalue weighted by Crippen LogP contribution is -2.51. The number of carbonyl (C=O) groups excluding carboxylic acids is 2. The van der Waals surface area contributed by atoms with Gasteiger partial charge in [-0.3, -0.25) is 25.0 Å². The first-order valence-electron chi connectivity index (χ1n) is 12.4. The minimum Gasteiger partial charge on any atom is -0.330 e. The SMILES string of the molecule is CC#CC(=O)N1CCC[C@@H](N2NC(c3ccc(C(=O)Nc4cc(C(F)(F)F)ccn4)cc3)=C3C2=CN=CN3N)C1. The van der Waals surface area contributed by atoms with Gasteiger partial charge in [0.05, 0.1) is 23.5 Å². The molecule has 1 atom stereocenters. The van der Waals surface area contributed by atoms with Gasteiger partial charge in [0.1, 0.15) is 23.6 Å². The van der Waals surface area contributed by atoms with Crippen molar-refractivity contribution in [3.63, 3.8) is 0 Å². The second-order valence-electron chi connectivity index (χ2n) is 9.27. The number of rotatable bonds is 4. The van der Waals surface area contributed by atoms with E-state index >= 15 is 0 Å². The number of pyridine rings is 1. The number of halogens is 3. The van der Waals surface area contributed by atoms with Crippen LogP contribution in [0.15, 0.2) is 65.2 Å². The van der Waals surface area contributed by atoms with Crippen molar-refractivity contribution < 1.29 is 22.8 Å². The van der Waals surface area contributed by atoms with Gasteiger partial charge in [0.2, 0.25) is 0 Å². The van der Waals surface area contributed by atoms with Crippen LogP contribution in [0.5, 0.6) is 0 Å². The quantitative estimate of drug-likeness (QED) is 0.396. The number of hydrogen-bond donors (Lipinski definition) is 3. The number of piperidine rings is 1. The Hall–Kier alpha value is -4.83. The Labute approximate surface area is 228 Å². The van der Waals surface area contributed by atoms with Gasteiger partial charge in [-0.25, -0.2) is 15.8 Å². The Kier molecular flexibility index (Phi) is 7.19. The minimum absolute atomic E-state index is 0.0678. The number of alkyl halides is 3. The molecule has 1 fully saturated rings. The normalized spacial score (nSPS) is 18.5. The molecule has 1 saturated heterocycles. The van der Waals surface area contributed by atoms with Crippen LogP contribution in [0.4, 0.5) is 19.0 Å². The van der Waals surface area contributed by atoms with Gasteiger partial charge in [0.25, 0.3) is 11.8 Å². The molecule has 1 aromatic heterocycles. The zero-order valence-corrected chi connectivity index (χ0v) is 21.4. The number of nitrogens with one attached hydrogen (secondary N) is 2. The van der Waals surface area contributed by atoms with Gasteiger partial charge < -0.3 is 10.2 Å². The molecule has 13 heteroatoms. The van der Waals surface area contributed by atoms with E-state index in [4.69, 9.17) is 5.84 Å². The third kappa shape index (κ3) is 5.34. The van der Waals surface area contributed by atoms with Gasteiger partial charge in [-0.05, 0) is 50.0 Å². The van der Waals surface area contributed by atoms with E-state index in [2.05, 4.69) is 32.6 Å². The average Bonchev–Trinajstić information content (AvgIpc) is 3.34. The number of hydrogen-bond acceptors (Lipinski definition) is 8. The maximum absolute atomic E-state index is 13.0. The highest BCUT2D eigenvalue weighted by Gasteiger charge is 2.38. The molecule has 4 heterocycles. The molecular weight excluding hydrogens is 525 g/mol. The largest absolute Gasteiger partial charge is 0.416 e. The van der Waals surface area contributed by atoms with Crippen molar-refractivity contribution in [2.75, 3.05) is 18.4 Å². The van der Waals surface area contributed by atoms with E-state index in [0.717, 1.165) is 36.9 Å². The summed E-state index contributed by atoms with van der Waals surface area (Å²) in [6, 6.07) is 8.07. The molecule has 4 N–H and O–H groups in total. The summed E-state index contributed by atoms with van der Waals surface area (Å²) in [5.41, 5.74) is 5.50. The highest BCUT2D eigenvalue weighted by atomic mass is 19.4. The second kappa shape index (κ2) is 10.7. The zero-order valence-electron chi connectivity index (χ0n) is 21.4. The summed E-state index contributed by atoms with van der Waals surface area (Å²) >= 11 is 0. The number of nitrogens with two attached hydrogens (primary N) is 1. The molecule has 0 spiro atoms. The molecule has 5 rings (SSSR count). The van der Waals surface area contributed by atoms with Gasteiger partial charge in [-0.1, -0.05) is 18.1 Å². The number of hydrazine groups is 2. The lowest BCUT2D eigenvalue weighted by Gasteiger charge is -2.39. The van der Waals surface area contributed by atoms with Crippen LogP contribution in [0.2, 0.25) is 0 Å². The molecule has 40 heavy (non-hydrogen) atoms. The van der Waals surface area contributed by atoms with Gasteiger partial charge >= 0.3 is 6.18 Å². The molecule has 2 aromatic rings. The molecule has 3 aliphatic rings. The van der Waals surface area contributed by atoms with Crippen LogP contribution in [0.1, 0.15) is 41.3 Å². The summed E-state index contributed by atoms with van der Waals surface area (Å²) in [6.45, 7) is 2.72. The van der Waals surface area contributed by atoms with Crippen molar-refractivity contribution in [3.8, 4) is 11.8 Å². The van der Waals surface area contributed by atoms with Gasteiger partial charge in [-0.2, -0.15) is 13.2 Å². The summed E-state index contributed by atoms with van der Waals surface area (Å²) < 4.78 is 39.0. The highest BCUT2D eigenvalue weighted by molar-refractivity contribution is 6.04. The lowest BCUT2D eigenvalue weighted by atomic mass is 10.0. The summed E-state index contributed by atoms with van der Waals surface area (Å²) in [4.78, 5) is 34.9. The average molecular weight is 551 g/mol. The van der Waals surface area contributed by atoms with E-state index in [1.807, 2.05) is 5.01 Å². The molecule has 2 amide bonds. The Bertz CT molecular complexity index is 1490. The van der Waals surface area contributed by atoms with Crippen LogP contribution < -0.4 is 16.6 Å². The topological polar surface area (TPSA) is 119 Å². The molecule has 10 nitrogen and oxygen atoms in total. The lowest BCUT2D eigenvalue weighted by molar-refractivity contribution is -0.137. The predicted molar refractivity (Wildman–Crippen MR) is 141 cm³/mol. The molecule has 3 aliphatic heterocycles. The summed E-state index contributed by atoms with van der Waals surface area (Å²) in [5, 5.41) is 5.74. The maximum atomic E-state index is 13.0. The first-order valence-corrected chi connectivity index (χ1v) is 12.4. The molecule has 0 unspecified atom stereocenters. The van der Waals surface area contributed by atoms with Crippen LogP contribution in [-0.4, -0.2) is 57.2 Å². The van der Waals surface area contributed by atoms with E-state index in [1.54, 1.807) is 42.3 Å². The minimum atomic E-state index is -4.55. The standard InChI is InChI=1S/C27H25F3N8O2/c1-2-4-23(39)36-12-3-5-20(15-36)38-21-14-32-16-37(31)25(21)24(35-38)17-6-8-18(9-7-17)26(40)34-22-13-19(10-11-33-22)27(28,29)30/h6-11,13-14,16,20,35H,3,5,12,15,31H2,1H3,(H,33,34,40)/t20-/m1/s1. The van der Waals surface area contributed by atoms with Crippen LogP contribution in [0, 0.1) is 11.8 Å². The zero-order chi connectivity index (χ0) is 28.4. The molecular formula is C27H25F3N8O2. The van der Waals surface area contributed by atoms with Crippen molar-refractivity contribution in [1.82, 2.24) is 25.3 Å². The van der Waals surface area contributed by atoms with Crippen molar-refractivity contribution in [3.05, 3.63) is 76.9 Å². The third-order valence-corrected chi connectivity index (χ3v) is 6.66. The first-order chi connectivity index (χ1) is 19.2. The second-order valence-corrected chi connectivity index (χ2v) is 9.27. The van der Waals surface area contributed by atoms with Gasteiger partial charge in [0.15, 0.2) is 0 Å². The fourth-order valence-electron chi connectivity index (χ4n) is 4.77. The van der Waals surface area contributed by atoms with Crippen LogP contribution in [0.3, 0.4) is 0 Å². The van der Waals surface area contributed by atoms with E-state index in [1.165, 1.54) is 11.3 Å². The maximum Gasteiger partial charge on any atom is 0.416 e. The third-order valence-electron chi connectivity index (χ3n) is 6.66. The number of fused-ring (bicyclic) bond motifs is 1. The fourth-order valence-corrected chi connectivity index (χ4v) is 4.77. The van der Waals surface area contributed by atoms with Crippen molar-refractivity contribution in [2.24, 2.45) is 10.8 Å². The van der Waals surface area contributed by atoms with Crippen molar-refractivity contribution in [2.45, 2.75) is 32.0 Å². The van der Waals surface area contributed by atoms with Crippen LogP contribution in [-0.2, 0) is 11.0 Å². The number of likely N-dealkylation sites (tertiary alicyclic amines) is 1. The molecule has 0 saturated carbocycles. The van der Waals surface area contributed by atoms with E-state index in [0.29, 0.717) is 30.0 Å². The Morgan fingerprint density at radius 1 is 1.20 bits per heavy atom. The van der Waals surface area contributed by atoms with Crippen molar-refractivity contribution in [1.29, 1.82) is 0 Å². The number of amides is 2. The highest BCUT2D eigenvalue weighted by Crippen LogP contribution is 2.36. The molecule has 0 aliphatic carbocycles. The number of carbonyl (C=O) groups is 2. The van der Waals surface area contributed by atoms with Gasteiger partial charge in [-0.15, -0.1) is 0 Å². The van der Waals surface area contributed by atoms with Crippen LogP contribution in [0.25, 0.3) is 5.70 Å². The fraction of sp³-hybridized carbons (Fsp3) is 0.259. The summed E-state index contributed by atoms with van der Waals surface area (Å²) in [7, 11) is 0. The predicted octanol–water partition coefficient (Wildman–Crippen LogP) is 2.91. The van der Waals surface area contributed by atoms with Gasteiger partial charge in [0, 0.05) is 30.4 Å². The number of aliphatic imine (C=N–C) groups is 1. The molecule has 0 bridgehead atoms. The Morgan fingerprint density at radius 3 is 2.70 bits per heavy atom. The summed E-state index contributed by atoms with van der Waals surface area (Å²) in [6.07, 6.45) is 1.23. The van der Waals surface area contributed by atoms with Crippen LogP contribution >= 0.6 is 0 Å². The Morgan fingerprint density at radius 2 is 1.98 bits per heavy atom. The van der Waals surface area contributed by atoms with E-state index in [-0.39, 0.29) is 23.3 Å². The smallest absolute Gasteiger partial charge is 0.330 e. The van der Waals surface area contributed by atoms with E-state index < -0.39 is 17.6 Å². The molecule has 1 aromatic carbocycles. The monoisotopic (exact) mass is 550 g/mol. The molecule has 0 radical (unpaired) electrons.